The fourth-order valence-electron chi connectivity index (χ4n) is 1.19. The molecule has 0 aromatic carbocycles. The van der Waals surface area contributed by atoms with E-state index in [9.17, 15) is 0 Å². The first-order valence-electron chi connectivity index (χ1n) is 6.75. The third-order valence-corrected chi connectivity index (χ3v) is 3.81. The van der Waals surface area contributed by atoms with Crippen molar-refractivity contribution in [2.75, 3.05) is 11.9 Å². The van der Waals surface area contributed by atoms with Crippen LogP contribution < -0.4 is 10.1 Å². The van der Waals surface area contributed by atoms with Gasteiger partial charge in [-0.3, -0.25) is 0 Å². The van der Waals surface area contributed by atoms with Crippen LogP contribution in [-0.4, -0.2) is 32.9 Å². The molecule has 0 aliphatic rings. The predicted octanol–water partition coefficient (Wildman–Crippen LogP) is 3.23. The summed E-state index contributed by atoms with van der Waals surface area (Å²) in [4.78, 5) is 13.0. The van der Waals surface area contributed by atoms with Crippen molar-refractivity contribution in [2.45, 2.75) is 58.1 Å². The van der Waals surface area contributed by atoms with Crippen LogP contribution in [0, 0.1) is 5.92 Å². The Kier molecular flexibility index (Phi) is 6.34. The lowest BCUT2D eigenvalue weighted by molar-refractivity contribution is 0.219. The molecule has 1 aromatic heterocycles. The van der Waals surface area contributed by atoms with Crippen LogP contribution in [0.15, 0.2) is 5.16 Å². The van der Waals surface area contributed by atoms with Gasteiger partial charge in [-0.15, -0.1) is 0 Å². The molecule has 1 heterocycles. The maximum Gasteiger partial charge on any atom is 0.322 e. The lowest BCUT2D eigenvalue weighted by Gasteiger charge is -2.15. The Labute approximate surface area is 120 Å². The predicted molar refractivity (Wildman–Crippen MR) is 79.9 cm³/mol. The monoisotopic (exact) mass is 284 g/mol. The number of nitrogens with zero attached hydrogens (tertiary/aromatic N) is 3. The summed E-state index contributed by atoms with van der Waals surface area (Å²) in [7, 11) is 0. The second kappa shape index (κ2) is 7.53. The number of anilines is 1. The van der Waals surface area contributed by atoms with Crippen LogP contribution in [0.4, 0.5) is 5.95 Å². The maximum atomic E-state index is 5.57. The highest BCUT2D eigenvalue weighted by atomic mass is 32.2. The molecule has 19 heavy (non-hydrogen) atoms. The highest BCUT2D eigenvalue weighted by molar-refractivity contribution is 7.99. The van der Waals surface area contributed by atoms with Crippen LogP contribution in [0.2, 0.25) is 0 Å². The summed E-state index contributed by atoms with van der Waals surface area (Å²) in [6.07, 6.45) is 0.0530. The molecule has 0 fully saturated rings. The molecular formula is C13H24N4OS. The quantitative estimate of drug-likeness (QED) is 0.776. The molecule has 0 saturated carbocycles. The van der Waals surface area contributed by atoms with Gasteiger partial charge in [0.15, 0.2) is 5.16 Å². The summed E-state index contributed by atoms with van der Waals surface area (Å²) >= 11 is 1.65. The minimum Gasteiger partial charge on any atom is -0.461 e. The van der Waals surface area contributed by atoms with E-state index in [0.29, 0.717) is 28.3 Å². The number of thioether (sulfide) groups is 1. The largest absolute Gasteiger partial charge is 0.461 e. The molecule has 0 amide bonds. The Morgan fingerprint density at radius 3 is 2.32 bits per heavy atom. The van der Waals surface area contributed by atoms with Gasteiger partial charge in [-0.25, -0.2) is 0 Å². The van der Waals surface area contributed by atoms with E-state index in [0.717, 1.165) is 6.54 Å². The van der Waals surface area contributed by atoms with Gasteiger partial charge in [-0.2, -0.15) is 15.0 Å². The summed E-state index contributed by atoms with van der Waals surface area (Å²) in [5, 5.41) is 4.27. The molecule has 0 radical (unpaired) electrons. The van der Waals surface area contributed by atoms with Gasteiger partial charge in [0, 0.05) is 11.8 Å². The first-order valence-corrected chi connectivity index (χ1v) is 7.63. The zero-order valence-electron chi connectivity index (χ0n) is 12.6. The maximum absolute atomic E-state index is 5.57. The van der Waals surface area contributed by atoms with Crippen LogP contribution in [0.25, 0.3) is 0 Å². The van der Waals surface area contributed by atoms with Crippen molar-refractivity contribution in [2.24, 2.45) is 5.92 Å². The van der Waals surface area contributed by atoms with Crippen LogP contribution in [-0.2, 0) is 0 Å². The van der Waals surface area contributed by atoms with Crippen molar-refractivity contribution in [3.05, 3.63) is 0 Å². The van der Waals surface area contributed by atoms with E-state index in [1.165, 1.54) is 0 Å². The van der Waals surface area contributed by atoms with Crippen molar-refractivity contribution in [1.82, 2.24) is 15.0 Å². The van der Waals surface area contributed by atoms with E-state index in [4.69, 9.17) is 4.74 Å². The molecule has 0 aliphatic heterocycles. The molecule has 1 rings (SSSR count). The molecule has 0 bridgehead atoms. The molecule has 1 aromatic rings. The zero-order chi connectivity index (χ0) is 14.4. The van der Waals surface area contributed by atoms with Crippen LogP contribution in [0.1, 0.15) is 41.5 Å². The molecular weight excluding hydrogens is 260 g/mol. The number of aromatic nitrogens is 3. The molecule has 5 nitrogen and oxygen atoms in total. The van der Waals surface area contributed by atoms with Gasteiger partial charge in [0.1, 0.15) is 0 Å². The number of ether oxygens (including phenoxy) is 1. The SMILES string of the molecule is CCNc1nc(OC(C)C)nc(SC(C)C(C)C)n1. The summed E-state index contributed by atoms with van der Waals surface area (Å²) < 4.78 is 5.57. The first-order chi connectivity index (χ1) is 8.92. The molecule has 6 heteroatoms. The normalized spacial score (nSPS) is 12.8. The Balaban J connectivity index is 2.92. The Morgan fingerprint density at radius 2 is 1.79 bits per heavy atom. The second-order valence-electron chi connectivity index (χ2n) is 4.99. The lowest BCUT2D eigenvalue weighted by atomic mass is 10.2. The Hall–Kier alpha value is -1.04. The van der Waals surface area contributed by atoms with Gasteiger partial charge in [0.05, 0.1) is 6.10 Å². The average Bonchev–Trinajstić information content (AvgIpc) is 2.27. The summed E-state index contributed by atoms with van der Waals surface area (Å²) in [6.45, 7) is 13.3. The number of hydrogen-bond acceptors (Lipinski definition) is 6. The molecule has 0 spiro atoms. The smallest absolute Gasteiger partial charge is 0.322 e. The third kappa shape index (κ3) is 5.63. The van der Waals surface area contributed by atoms with E-state index in [1.54, 1.807) is 11.8 Å². The van der Waals surface area contributed by atoms with Gasteiger partial charge in [-0.1, -0.05) is 32.5 Å². The molecule has 1 atom stereocenters. The minimum absolute atomic E-state index is 0.0530. The molecule has 0 saturated heterocycles. The van der Waals surface area contributed by atoms with Crippen molar-refractivity contribution >= 4 is 17.7 Å². The number of rotatable bonds is 7. The molecule has 0 aliphatic carbocycles. The highest BCUT2D eigenvalue weighted by Crippen LogP contribution is 2.26. The van der Waals surface area contributed by atoms with Gasteiger partial charge < -0.3 is 10.1 Å². The van der Waals surface area contributed by atoms with Crippen molar-refractivity contribution in [3.63, 3.8) is 0 Å². The van der Waals surface area contributed by atoms with Crippen LogP contribution in [0.3, 0.4) is 0 Å². The average molecular weight is 284 g/mol. The van der Waals surface area contributed by atoms with E-state index in [1.807, 2.05) is 20.8 Å². The second-order valence-corrected chi connectivity index (χ2v) is 6.33. The topological polar surface area (TPSA) is 59.9 Å². The fraction of sp³-hybridized carbons (Fsp3) is 0.769. The van der Waals surface area contributed by atoms with Crippen molar-refractivity contribution in [1.29, 1.82) is 0 Å². The van der Waals surface area contributed by atoms with Gasteiger partial charge in [0.2, 0.25) is 5.95 Å². The lowest BCUT2D eigenvalue weighted by Crippen LogP contribution is -2.13. The van der Waals surface area contributed by atoms with Gasteiger partial charge >= 0.3 is 6.01 Å². The summed E-state index contributed by atoms with van der Waals surface area (Å²) in [6, 6.07) is 0.388. The first kappa shape index (κ1) is 16.0. The standard InChI is InChI=1S/C13H24N4OS/c1-7-14-11-15-12(18-9(4)5)17-13(16-11)19-10(6)8(2)3/h8-10H,7H2,1-6H3,(H,14,15,16,17). The Morgan fingerprint density at radius 1 is 1.11 bits per heavy atom. The summed E-state index contributed by atoms with van der Waals surface area (Å²) in [5.41, 5.74) is 0. The molecule has 1 N–H and O–H groups in total. The van der Waals surface area contributed by atoms with E-state index >= 15 is 0 Å². The number of nitrogens with one attached hydrogen (secondary N) is 1. The fourth-order valence-corrected chi connectivity index (χ4v) is 2.07. The Bertz CT molecular complexity index is 398. The van der Waals surface area contributed by atoms with Gasteiger partial charge in [0.25, 0.3) is 0 Å². The van der Waals surface area contributed by atoms with Crippen LogP contribution in [0.5, 0.6) is 6.01 Å². The third-order valence-electron chi connectivity index (χ3n) is 2.50. The zero-order valence-corrected chi connectivity index (χ0v) is 13.4. The highest BCUT2D eigenvalue weighted by Gasteiger charge is 2.14. The van der Waals surface area contributed by atoms with Gasteiger partial charge in [-0.05, 0) is 26.7 Å². The van der Waals surface area contributed by atoms with Crippen molar-refractivity contribution in [3.8, 4) is 6.01 Å². The van der Waals surface area contributed by atoms with E-state index in [-0.39, 0.29) is 6.10 Å². The summed E-state index contributed by atoms with van der Waals surface area (Å²) in [5.74, 6) is 1.14. The van der Waals surface area contributed by atoms with E-state index < -0.39 is 0 Å². The molecule has 1 unspecified atom stereocenters. The number of hydrogen-bond donors (Lipinski definition) is 1. The van der Waals surface area contributed by atoms with Crippen molar-refractivity contribution < 1.29 is 4.74 Å². The molecule has 108 valence electrons. The van der Waals surface area contributed by atoms with E-state index in [2.05, 4.69) is 41.0 Å². The van der Waals surface area contributed by atoms with Crippen LogP contribution >= 0.6 is 11.8 Å². The minimum atomic E-state index is 0.0530.